The van der Waals surface area contributed by atoms with Crippen molar-refractivity contribution in [3.63, 3.8) is 0 Å². The van der Waals surface area contributed by atoms with Crippen molar-refractivity contribution in [2.45, 2.75) is 6.42 Å². The number of nitrogens with zero attached hydrogens (tertiary/aromatic N) is 2. The maximum Gasteiger partial charge on any atom is 0.230 e. The van der Waals surface area contributed by atoms with Gasteiger partial charge in [-0.3, -0.25) is 14.8 Å². The Hall–Kier alpha value is -2.69. The number of amides is 1. The monoisotopic (exact) mass is 267 g/mol. The zero-order valence-corrected chi connectivity index (χ0v) is 11.0. The largest absolute Gasteiger partial charge is 0.497 e. The number of carbonyl (C=O) groups is 1. The highest BCUT2D eigenvalue weighted by molar-refractivity contribution is 6.16. The summed E-state index contributed by atoms with van der Waals surface area (Å²) in [6, 6.07) is 9.12. The van der Waals surface area contributed by atoms with Crippen LogP contribution in [0.1, 0.15) is 12.0 Å². The third-order valence-corrected chi connectivity index (χ3v) is 3.07. The normalized spacial score (nSPS) is 13.8. The molecule has 0 unspecified atom stereocenters. The smallest absolute Gasteiger partial charge is 0.230 e. The van der Waals surface area contributed by atoms with Crippen molar-refractivity contribution >= 4 is 23.0 Å². The first-order valence-electron chi connectivity index (χ1n) is 6.22. The van der Waals surface area contributed by atoms with Gasteiger partial charge in [-0.05, 0) is 29.8 Å². The van der Waals surface area contributed by atoms with E-state index in [2.05, 4.69) is 15.3 Å². The first-order chi connectivity index (χ1) is 9.76. The molecule has 20 heavy (non-hydrogen) atoms. The summed E-state index contributed by atoms with van der Waals surface area (Å²) in [6.45, 7) is 0. The van der Waals surface area contributed by atoms with Crippen molar-refractivity contribution in [2.75, 3.05) is 12.4 Å². The van der Waals surface area contributed by atoms with Crippen molar-refractivity contribution in [1.29, 1.82) is 0 Å². The van der Waals surface area contributed by atoms with Gasteiger partial charge in [0.2, 0.25) is 5.91 Å². The predicted molar refractivity (Wildman–Crippen MR) is 76.7 cm³/mol. The summed E-state index contributed by atoms with van der Waals surface area (Å²) >= 11 is 0. The summed E-state index contributed by atoms with van der Waals surface area (Å²) in [5.74, 6) is 0.596. The number of hydrogen-bond donors (Lipinski definition) is 1. The van der Waals surface area contributed by atoms with Gasteiger partial charge in [0.05, 0.1) is 30.6 Å². The number of ether oxygens (including phenoxy) is 1. The molecule has 0 saturated heterocycles. The Morgan fingerprint density at radius 2 is 2.00 bits per heavy atom. The number of benzene rings is 1. The second-order valence-electron chi connectivity index (χ2n) is 4.40. The Kier molecular flexibility index (Phi) is 3.16. The van der Waals surface area contributed by atoms with Gasteiger partial charge in [-0.15, -0.1) is 0 Å². The number of nitrogens with one attached hydrogen (secondary N) is 1. The third-order valence-electron chi connectivity index (χ3n) is 3.07. The minimum absolute atomic E-state index is 0.0902. The van der Waals surface area contributed by atoms with Crippen LogP contribution >= 0.6 is 0 Å². The Morgan fingerprint density at radius 3 is 2.75 bits per heavy atom. The van der Waals surface area contributed by atoms with Crippen LogP contribution in [0, 0.1) is 0 Å². The predicted octanol–water partition coefficient (Wildman–Crippen LogP) is 2.55. The van der Waals surface area contributed by atoms with Crippen molar-refractivity contribution < 1.29 is 9.53 Å². The lowest BCUT2D eigenvalue weighted by Crippen LogP contribution is -2.14. The standard InChI is InChI=1S/C15H13N3O2/c1-20-11-2-3-12-14(8-11)18-15(19)9-13(17-12)10-4-6-16-7-5-10/h2-8H,9H2,1H3,(H,18,19). The molecule has 100 valence electrons. The molecule has 0 atom stereocenters. The molecule has 1 amide bonds. The number of pyridine rings is 1. The lowest BCUT2D eigenvalue weighted by Gasteiger charge is -2.06. The first kappa shape index (κ1) is 12.3. The van der Waals surface area contributed by atoms with Gasteiger partial charge in [0.15, 0.2) is 0 Å². The quantitative estimate of drug-likeness (QED) is 0.909. The average molecular weight is 267 g/mol. The lowest BCUT2D eigenvalue weighted by atomic mass is 10.1. The Morgan fingerprint density at radius 1 is 1.20 bits per heavy atom. The zero-order valence-electron chi connectivity index (χ0n) is 11.0. The maximum absolute atomic E-state index is 12.0. The minimum Gasteiger partial charge on any atom is -0.497 e. The Balaban J connectivity index is 2.08. The van der Waals surface area contributed by atoms with Crippen molar-refractivity contribution in [1.82, 2.24) is 4.98 Å². The molecule has 0 bridgehead atoms. The number of anilines is 1. The molecule has 5 heteroatoms. The summed E-state index contributed by atoms with van der Waals surface area (Å²) in [4.78, 5) is 20.5. The van der Waals surface area contributed by atoms with E-state index in [1.807, 2.05) is 24.3 Å². The van der Waals surface area contributed by atoms with Gasteiger partial charge in [0, 0.05) is 18.5 Å². The van der Waals surface area contributed by atoms with E-state index in [9.17, 15) is 4.79 Å². The fourth-order valence-electron chi connectivity index (χ4n) is 2.08. The second kappa shape index (κ2) is 5.13. The first-order valence-corrected chi connectivity index (χ1v) is 6.22. The molecule has 1 aromatic carbocycles. The maximum atomic E-state index is 12.0. The summed E-state index contributed by atoms with van der Waals surface area (Å²) in [6.07, 6.45) is 3.62. The van der Waals surface area contributed by atoms with Gasteiger partial charge >= 0.3 is 0 Å². The van der Waals surface area contributed by atoms with E-state index in [0.717, 1.165) is 17.0 Å². The SMILES string of the molecule is COc1ccc2c(c1)NC(=O)CC(c1ccncc1)=N2. The van der Waals surface area contributed by atoms with Gasteiger partial charge in [-0.1, -0.05) is 0 Å². The number of carbonyl (C=O) groups excluding carboxylic acids is 1. The zero-order chi connectivity index (χ0) is 13.9. The topological polar surface area (TPSA) is 63.6 Å². The molecule has 2 heterocycles. The van der Waals surface area contributed by atoms with Crippen LogP contribution in [-0.4, -0.2) is 23.7 Å². The van der Waals surface area contributed by atoms with E-state index >= 15 is 0 Å². The second-order valence-corrected chi connectivity index (χ2v) is 4.40. The van der Waals surface area contributed by atoms with E-state index < -0.39 is 0 Å². The molecular formula is C15H13N3O2. The highest BCUT2D eigenvalue weighted by atomic mass is 16.5. The summed E-state index contributed by atoms with van der Waals surface area (Å²) in [7, 11) is 1.59. The molecule has 1 aliphatic heterocycles. The average Bonchev–Trinajstić information content (AvgIpc) is 2.65. The van der Waals surface area contributed by atoms with Crippen molar-refractivity contribution in [3.05, 3.63) is 48.3 Å². The number of aromatic nitrogens is 1. The fraction of sp³-hybridized carbons (Fsp3) is 0.133. The highest BCUT2D eigenvalue weighted by Crippen LogP contribution is 2.32. The molecule has 0 saturated carbocycles. The van der Waals surface area contributed by atoms with Gasteiger partial charge in [0.1, 0.15) is 5.75 Å². The van der Waals surface area contributed by atoms with Crippen LogP contribution in [0.4, 0.5) is 11.4 Å². The summed E-state index contributed by atoms with van der Waals surface area (Å²) in [5.41, 5.74) is 3.02. The third kappa shape index (κ3) is 2.38. The van der Waals surface area contributed by atoms with E-state index in [1.165, 1.54) is 0 Å². The molecule has 0 fully saturated rings. The van der Waals surface area contributed by atoms with Crippen LogP contribution in [0.2, 0.25) is 0 Å². The van der Waals surface area contributed by atoms with E-state index in [1.54, 1.807) is 25.6 Å². The van der Waals surface area contributed by atoms with Gasteiger partial charge < -0.3 is 10.1 Å². The van der Waals surface area contributed by atoms with E-state index in [4.69, 9.17) is 4.74 Å². The molecule has 3 rings (SSSR count). The number of methoxy groups -OCH3 is 1. The summed E-state index contributed by atoms with van der Waals surface area (Å²) < 4.78 is 5.16. The van der Waals surface area contributed by atoms with E-state index in [-0.39, 0.29) is 12.3 Å². The minimum atomic E-state index is -0.0902. The van der Waals surface area contributed by atoms with Gasteiger partial charge in [0.25, 0.3) is 0 Å². The van der Waals surface area contributed by atoms with Crippen LogP contribution in [0.3, 0.4) is 0 Å². The molecule has 2 aromatic rings. The fourth-order valence-corrected chi connectivity index (χ4v) is 2.08. The van der Waals surface area contributed by atoms with Crippen molar-refractivity contribution in [3.8, 4) is 5.75 Å². The number of fused-ring (bicyclic) bond motifs is 1. The lowest BCUT2D eigenvalue weighted by molar-refractivity contribution is -0.115. The number of rotatable bonds is 2. The van der Waals surface area contributed by atoms with Gasteiger partial charge in [-0.2, -0.15) is 0 Å². The molecule has 1 aliphatic rings. The molecule has 0 aliphatic carbocycles. The van der Waals surface area contributed by atoms with Crippen molar-refractivity contribution in [2.24, 2.45) is 4.99 Å². The molecule has 1 aromatic heterocycles. The molecular weight excluding hydrogens is 254 g/mol. The van der Waals surface area contributed by atoms with Crippen LogP contribution < -0.4 is 10.1 Å². The number of aliphatic imine (C=N–C) groups is 1. The molecule has 1 N–H and O–H groups in total. The molecule has 0 radical (unpaired) electrons. The number of hydrogen-bond acceptors (Lipinski definition) is 4. The highest BCUT2D eigenvalue weighted by Gasteiger charge is 2.17. The van der Waals surface area contributed by atoms with Crippen LogP contribution in [-0.2, 0) is 4.79 Å². The van der Waals surface area contributed by atoms with Crippen LogP contribution in [0.5, 0.6) is 5.75 Å². The Labute approximate surface area is 116 Å². The van der Waals surface area contributed by atoms with Crippen LogP contribution in [0.25, 0.3) is 0 Å². The molecule has 0 spiro atoms. The van der Waals surface area contributed by atoms with Crippen LogP contribution in [0.15, 0.2) is 47.7 Å². The molecule has 5 nitrogen and oxygen atoms in total. The Bertz CT molecular complexity index is 681. The summed E-state index contributed by atoms with van der Waals surface area (Å²) in [5, 5.41) is 2.85. The van der Waals surface area contributed by atoms with Gasteiger partial charge in [-0.25, -0.2) is 0 Å². The van der Waals surface area contributed by atoms with E-state index in [0.29, 0.717) is 11.4 Å².